The molecule has 0 radical (unpaired) electrons. The summed E-state index contributed by atoms with van der Waals surface area (Å²) in [6.45, 7) is 3.35. The second-order valence-electron chi connectivity index (χ2n) is 6.35. The van der Waals surface area contributed by atoms with Gasteiger partial charge in [-0.15, -0.1) is 0 Å². The molecule has 4 nitrogen and oxygen atoms in total. The number of hydrogen-bond donors (Lipinski definition) is 1. The van der Waals surface area contributed by atoms with Crippen molar-refractivity contribution < 1.29 is 13.9 Å². The molecular formula is C17H23FN2O2. The molecule has 2 N–H and O–H groups in total. The second kappa shape index (κ2) is 6.24. The fraction of sp³-hybridized carbons (Fsp3) is 0.588. The van der Waals surface area contributed by atoms with Gasteiger partial charge in [0.2, 0.25) is 0 Å². The van der Waals surface area contributed by atoms with Crippen molar-refractivity contribution in [2.75, 3.05) is 13.1 Å². The first-order valence-electron chi connectivity index (χ1n) is 8.05. The summed E-state index contributed by atoms with van der Waals surface area (Å²) in [5, 5.41) is 0. The number of carbonyl (C=O) groups excluding carboxylic acids is 1. The molecule has 2 aliphatic rings. The van der Waals surface area contributed by atoms with E-state index in [1.54, 1.807) is 18.2 Å². The smallest absolute Gasteiger partial charge is 0.263 e. The highest BCUT2D eigenvalue weighted by Gasteiger charge is 2.43. The SMILES string of the molecule is CCC(Oc1ccccc1F)C(=O)N1CC2CCC(N)C2C1. The molecule has 2 fully saturated rings. The quantitative estimate of drug-likeness (QED) is 0.927. The Balaban J connectivity index is 1.67. The molecule has 1 saturated heterocycles. The monoisotopic (exact) mass is 306 g/mol. The zero-order valence-corrected chi connectivity index (χ0v) is 12.9. The summed E-state index contributed by atoms with van der Waals surface area (Å²) in [4.78, 5) is 14.5. The van der Waals surface area contributed by atoms with Crippen molar-refractivity contribution in [1.29, 1.82) is 0 Å². The molecule has 4 atom stereocenters. The first-order valence-corrected chi connectivity index (χ1v) is 8.05. The first-order chi connectivity index (χ1) is 10.6. The van der Waals surface area contributed by atoms with Crippen LogP contribution in [0.2, 0.25) is 0 Å². The number of benzene rings is 1. The van der Waals surface area contributed by atoms with Crippen LogP contribution in [0.1, 0.15) is 26.2 Å². The Hall–Kier alpha value is -1.62. The Morgan fingerprint density at radius 1 is 1.41 bits per heavy atom. The summed E-state index contributed by atoms with van der Waals surface area (Å²) in [5.74, 6) is 0.583. The van der Waals surface area contributed by atoms with E-state index in [2.05, 4.69) is 0 Å². The number of ether oxygens (including phenoxy) is 1. The number of para-hydroxylation sites is 1. The van der Waals surface area contributed by atoms with Crippen molar-refractivity contribution in [3.8, 4) is 5.75 Å². The molecule has 5 heteroatoms. The average molecular weight is 306 g/mol. The molecule has 1 amide bonds. The Bertz CT molecular complexity index is 551. The van der Waals surface area contributed by atoms with Gasteiger partial charge in [0.1, 0.15) is 0 Å². The number of nitrogens with two attached hydrogens (primary N) is 1. The minimum absolute atomic E-state index is 0.0487. The van der Waals surface area contributed by atoms with Crippen molar-refractivity contribution >= 4 is 5.91 Å². The van der Waals surface area contributed by atoms with E-state index in [0.717, 1.165) is 19.4 Å². The summed E-state index contributed by atoms with van der Waals surface area (Å²) in [6.07, 6.45) is 2.04. The van der Waals surface area contributed by atoms with Gasteiger partial charge in [0.15, 0.2) is 17.7 Å². The Morgan fingerprint density at radius 3 is 2.86 bits per heavy atom. The Morgan fingerprint density at radius 2 is 2.18 bits per heavy atom. The van der Waals surface area contributed by atoms with Gasteiger partial charge in [0, 0.05) is 19.1 Å². The van der Waals surface area contributed by atoms with Crippen LogP contribution >= 0.6 is 0 Å². The largest absolute Gasteiger partial charge is 0.478 e. The van der Waals surface area contributed by atoms with E-state index in [1.165, 1.54) is 6.07 Å². The van der Waals surface area contributed by atoms with Crippen LogP contribution in [-0.4, -0.2) is 36.0 Å². The first kappa shape index (κ1) is 15.3. The highest BCUT2D eigenvalue weighted by Crippen LogP contribution is 2.37. The van der Waals surface area contributed by atoms with Gasteiger partial charge in [-0.25, -0.2) is 4.39 Å². The third-order valence-corrected chi connectivity index (χ3v) is 4.98. The average Bonchev–Trinajstić information content (AvgIpc) is 3.08. The van der Waals surface area contributed by atoms with E-state index in [4.69, 9.17) is 10.5 Å². The number of likely N-dealkylation sites (tertiary alicyclic amines) is 1. The van der Waals surface area contributed by atoms with Crippen molar-refractivity contribution in [3.05, 3.63) is 30.1 Å². The van der Waals surface area contributed by atoms with Crippen LogP contribution in [0.5, 0.6) is 5.75 Å². The number of hydrogen-bond acceptors (Lipinski definition) is 3. The van der Waals surface area contributed by atoms with E-state index in [0.29, 0.717) is 24.8 Å². The van der Waals surface area contributed by atoms with Crippen molar-refractivity contribution in [1.82, 2.24) is 4.90 Å². The topological polar surface area (TPSA) is 55.6 Å². The number of halogens is 1. The molecule has 1 aromatic rings. The van der Waals surface area contributed by atoms with Gasteiger partial charge in [-0.3, -0.25) is 4.79 Å². The predicted molar refractivity (Wildman–Crippen MR) is 81.9 cm³/mol. The Labute approximate surface area is 130 Å². The molecule has 3 rings (SSSR count). The van der Waals surface area contributed by atoms with E-state index in [9.17, 15) is 9.18 Å². The summed E-state index contributed by atoms with van der Waals surface area (Å²) in [6, 6.07) is 6.41. The fourth-order valence-corrected chi connectivity index (χ4v) is 3.69. The van der Waals surface area contributed by atoms with Gasteiger partial charge >= 0.3 is 0 Å². The molecule has 0 spiro atoms. The lowest BCUT2D eigenvalue weighted by Gasteiger charge is -2.24. The van der Waals surface area contributed by atoms with Crippen molar-refractivity contribution in [2.24, 2.45) is 17.6 Å². The number of carbonyl (C=O) groups is 1. The lowest BCUT2D eigenvalue weighted by atomic mass is 9.98. The molecule has 1 aliphatic heterocycles. The van der Waals surface area contributed by atoms with E-state index < -0.39 is 11.9 Å². The maximum absolute atomic E-state index is 13.7. The van der Waals surface area contributed by atoms with Crippen LogP contribution in [-0.2, 0) is 4.79 Å². The van der Waals surface area contributed by atoms with Crippen molar-refractivity contribution in [3.63, 3.8) is 0 Å². The highest BCUT2D eigenvalue weighted by molar-refractivity contribution is 5.81. The zero-order chi connectivity index (χ0) is 15.7. The molecule has 1 aliphatic carbocycles. The van der Waals surface area contributed by atoms with Crippen LogP contribution in [0.15, 0.2) is 24.3 Å². The lowest BCUT2D eigenvalue weighted by Crippen LogP contribution is -2.42. The molecule has 0 aromatic heterocycles. The highest BCUT2D eigenvalue weighted by atomic mass is 19.1. The zero-order valence-electron chi connectivity index (χ0n) is 12.9. The van der Waals surface area contributed by atoms with E-state index in [-0.39, 0.29) is 17.7 Å². The molecule has 120 valence electrons. The van der Waals surface area contributed by atoms with Gasteiger partial charge in [-0.05, 0) is 43.2 Å². The van der Waals surface area contributed by atoms with Crippen molar-refractivity contribution in [2.45, 2.75) is 38.3 Å². The van der Waals surface area contributed by atoms with E-state index >= 15 is 0 Å². The number of fused-ring (bicyclic) bond motifs is 1. The molecule has 22 heavy (non-hydrogen) atoms. The molecule has 1 aromatic carbocycles. The summed E-state index contributed by atoms with van der Waals surface area (Å²) in [7, 11) is 0. The second-order valence-corrected chi connectivity index (χ2v) is 6.35. The fourth-order valence-electron chi connectivity index (χ4n) is 3.69. The number of amides is 1. The maximum atomic E-state index is 13.7. The Kier molecular flexibility index (Phi) is 4.34. The van der Waals surface area contributed by atoms with E-state index in [1.807, 2.05) is 11.8 Å². The third-order valence-electron chi connectivity index (χ3n) is 4.98. The summed E-state index contributed by atoms with van der Waals surface area (Å²) in [5.41, 5.74) is 6.12. The van der Waals surface area contributed by atoms with Crippen LogP contribution < -0.4 is 10.5 Å². The molecule has 1 saturated carbocycles. The minimum atomic E-state index is -0.632. The van der Waals surface area contributed by atoms with Gasteiger partial charge in [-0.1, -0.05) is 19.1 Å². The molecule has 4 unspecified atom stereocenters. The predicted octanol–water partition coefficient (Wildman–Crippen LogP) is 2.18. The number of rotatable bonds is 4. The molecular weight excluding hydrogens is 283 g/mol. The van der Waals surface area contributed by atoms with Crippen LogP contribution in [0.25, 0.3) is 0 Å². The molecule has 1 heterocycles. The van der Waals surface area contributed by atoms with Gasteiger partial charge in [-0.2, -0.15) is 0 Å². The standard InChI is InChI=1S/C17H23FN2O2/c1-2-15(22-16-6-4-3-5-13(16)18)17(21)20-9-11-7-8-14(19)12(11)10-20/h3-6,11-12,14-15H,2,7-10,19H2,1H3. The van der Waals surface area contributed by atoms with Crippen LogP contribution in [0, 0.1) is 17.7 Å². The normalized spacial score (nSPS) is 28.5. The van der Waals surface area contributed by atoms with Gasteiger partial charge in [0.05, 0.1) is 0 Å². The minimum Gasteiger partial charge on any atom is -0.478 e. The maximum Gasteiger partial charge on any atom is 0.263 e. The summed E-state index contributed by atoms with van der Waals surface area (Å²) < 4.78 is 19.3. The number of nitrogens with zero attached hydrogens (tertiary/aromatic N) is 1. The summed E-state index contributed by atoms with van der Waals surface area (Å²) >= 11 is 0. The van der Waals surface area contributed by atoms with Gasteiger partial charge < -0.3 is 15.4 Å². The lowest BCUT2D eigenvalue weighted by molar-refractivity contribution is -0.138. The van der Waals surface area contributed by atoms with Crippen LogP contribution in [0.4, 0.5) is 4.39 Å². The third kappa shape index (κ3) is 2.82. The van der Waals surface area contributed by atoms with Crippen LogP contribution in [0.3, 0.4) is 0 Å². The van der Waals surface area contributed by atoms with Gasteiger partial charge in [0.25, 0.3) is 5.91 Å². The molecule has 0 bridgehead atoms.